The third kappa shape index (κ3) is 3.22. The number of rotatable bonds is 8. The predicted octanol–water partition coefficient (Wildman–Crippen LogP) is 3.23. The van der Waals surface area contributed by atoms with Crippen LogP contribution in [0.5, 0.6) is 0 Å². The molecule has 0 saturated heterocycles. The first-order chi connectivity index (χ1) is 9.88. The molecular formula is C17H24N2O. The first kappa shape index (κ1) is 13.7. The van der Waals surface area contributed by atoms with Crippen LogP contribution in [-0.4, -0.2) is 19.6 Å². The Bertz CT molecular complexity index is 557. The topological polar surface area (TPSA) is 37.2 Å². The Kier molecular flexibility index (Phi) is 4.38. The molecule has 108 valence electrons. The minimum atomic E-state index is 0.810. The summed E-state index contributed by atoms with van der Waals surface area (Å²) < 4.78 is 5.97. The molecule has 0 atom stereocenters. The van der Waals surface area contributed by atoms with Crippen LogP contribution in [0.4, 0.5) is 0 Å². The molecule has 0 unspecified atom stereocenters. The highest BCUT2D eigenvalue weighted by molar-refractivity contribution is 5.82. The zero-order chi connectivity index (χ0) is 13.8. The molecule has 0 amide bonds. The zero-order valence-electron chi connectivity index (χ0n) is 12.2. The summed E-state index contributed by atoms with van der Waals surface area (Å²) in [5.74, 6) is 1.10. The molecule has 1 aliphatic carbocycles. The van der Waals surface area contributed by atoms with E-state index in [1.165, 1.54) is 36.6 Å². The van der Waals surface area contributed by atoms with Crippen LogP contribution in [-0.2, 0) is 13.0 Å². The van der Waals surface area contributed by atoms with Crippen LogP contribution < -0.4 is 10.6 Å². The lowest BCUT2D eigenvalue weighted by Crippen LogP contribution is -2.17. The van der Waals surface area contributed by atoms with Crippen LogP contribution in [0.2, 0.25) is 0 Å². The van der Waals surface area contributed by atoms with E-state index in [-0.39, 0.29) is 0 Å². The highest BCUT2D eigenvalue weighted by Crippen LogP contribution is 2.27. The standard InChI is InChI=1S/C17H24N2O/c1-18-12-17-15(7-4-5-11-19-13-9-10-13)14-6-2-3-8-16(14)20-17/h2-3,6,8,13,18-19H,4-5,7,9-12H2,1H3. The first-order valence-corrected chi connectivity index (χ1v) is 7.75. The number of aryl methyl sites for hydroxylation is 1. The Labute approximate surface area is 120 Å². The van der Waals surface area contributed by atoms with Gasteiger partial charge in [-0.05, 0) is 51.8 Å². The smallest absolute Gasteiger partial charge is 0.134 e. The Hall–Kier alpha value is -1.32. The summed E-state index contributed by atoms with van der Waals surface area (Å²) in [4.78, 5) is 0. The molecule has 1 aliphatic rings. The largest absolute Gasteiger partial charge is 0.459 e. The molecule has 1 saturated carbocycles. The first-order valence-electron chi connectivity index (χ1n) is 7.75. The fourth-order valence-electron chi connectivity index (χ4n) is 2.75. The minimum Gasteiger partial charge on any atom is -0.459 e. The number of benzene rings is 1. The van der Waals surface area contributed by atoms with Gasteiger partial charge in [-0.1, -0.05) is 18.2 Å². The van der Waals surface area contributed by atoms with Crippen molar-refractivity contribution in [1.82, 2.24) is 10.6 Å². The lowest BCUT2D eigenvalue weighted by atomic mass is 10.0. The van der Waals surface area contributed by atoms with Gasteiger partial charge in [0.1, 0.15) is 11.3 Å². The number of fused-ring (bicyclic) bond motifs is 1. The lowest BCUT2D eigenvalue weighted by Gasteiger charge is -2.04. The molecule has 1 aromatic heterocycles. The fraction of sp³-hybridized carbons (Fsp3) is 0.529. The molecule has 3 heteroatoms. The van der Waals surface area contributed by atoms with Crippen molar-refractivity contribution in [1.29, 1.82) is 0 Å². The number of furan rings is 1. The number of hydrogen-bond donors (Lipinski definition) is 2. The Balaban J connectivity index is 1.63. The number of para-hydroxylation sites is 1. The van der Waals surface area contributed by atoms with Gasteiger partial charge in [0.2, 0.25) is 0 Å². The van der Waals surface area contributed by atoms with Gasteiger partial charge in [0.05, 0.1) is 6.54 Å². The van der Waals surface area contributed by atoms with E-state index in [4.69, 9.17) is 4.42 Å². The van der Waals surface area contributed by atoms with Crippen LogP contribution in [0.25, 0.3) is 11.0 Å². The van der Waals surface area contributed by atoms with Crippen molar-refractivity contribution in [2.45, 2.75) is 44.7 Å². The maximum absolute atomic E-state index is 5.97. The normalized spacial score (nSPS) is 15.1. The van der Waals surface area contributed by atoms with Crippen molar-refractivity contribution in [2.75, 3.05) is 13.6 Å². The highest BCUT2D eigenvalue weighted by Gasteiger charge is 2.19. The molecular weight excluding hydrogens is 248 g/mol. The predicted molar refractivity (Wildman–Crippen MR) is 82.9 cm³/mol. The van der Waals surface area contributed by atoms with Crippen LogP contribution in [0.3, 0.4) is 0 Å². The van der Waals surface area contributed by atoms with E-state index in [1.807, 2.05) is 13.1 Å². The number of nitrogens with one attached hydrogen (secondary N) is 2. The average molecular weight is 272 g/mol. The molecule has 2 aromatic rings. The number of hydrogen-bond acceptors (Lipinski definition) is 3. The highest BCUT2D eigenvalue weighted by atomic mass is 16.3. The molecule has 0 aliphatic heterocycles. The maximum atomic E-state index is 5.97. The monoisotopic (exact) mass is 272 g/mol. The van der Waals surface area contributed by atoms with Crippen molar-refractivity contribution >= 4 is 11.0 Å². The van der Waals surface area contributed by atoms with Crippen LogP contribution in [0, 0.1) is 0 Å². The van der Waals surface area contributed by atoms with Gasteiger partial charge in [-0.15, -0.1) is 0 Å². The Morgan fingerprint density at radius 3 is 2.85 bits per heavy atom. The second-order valence-electron chi connectivity index (χ2n) is 5.72. The minimum absolute atomic E-state index is 0.810. The van der Waals surface area contributed by atoms with E-state index in [0.717, 1.165) is 36.9 Å². The summed E-state index contributed by atoms with van der Waals surface area (Å²) in [5, 5.41) is 8.07. The summed E-state index contributed by atoms with van der Waals surface area (Å²) in [6.07, 6.45) is 6.33. The van der Waals surface area contributed by atoms with Crippen molar-refractivity contribution in [3.05, 3.63) is 35.6 Å². The molecule has 1 aromatic carbocycles. The summed E-state index contributed by atoms with van der Waals surface area (Å²) in [6.45, 7) is 1.96. The third-order valence-corrected chi connectivity index (χ3v) is 3.98. The summed E-state index contributed by atoms with van der Waals surface area (Å²) in [6, 6.07) is 9.20. The van der Waals surface area contributed by atoms with E-state index in [0.29, 0.717) is 0 Å². The molecule has 0 radical (unpaired) electrons. The van der Waals surface area contributed by atoms with Crippen molar-refractivity contribution < 1.29 is 4.42 Å². The van der Waals surface area contributed by atoms with E-state index >= 15 is 0 Å². The molecule has 0 bridgehead atoms. The van der Waals surface area contributed by atoms with Crippen molar-refractivity contribution in [3.63, 3.8) is 0 Å². The fourth-order valence-corrected chi connectivity index (χ4v) is 2.75. The van der Waals surface area contributed by atoms with E-state index in [9.17, 15) is 0 Å². The van der Waals surface area contributed by atoms with E-state index < -0.39 is 0 Å². The molecule has 3 rings (SSSR count). The average Bonchev–Trinajstić information content (AvgIpc) is 3.22. The summed E-state index contributed by atoms with van der Waals surface area (Å²) in [5.41, 5.74) is 2.41. The van der Waals surface area contributed by atoms with Gasteiger partial charge < -0.3 is 15.1 Å². The van der Waals surface area contributed by atoms with Crippen LogP contribution in [0.1, 0.15) is 37.0 Å². The Morgan fingerprint density at radius 1 is 1.20 bits per heavy atom. The molecule has 2 N–H and O–H groups in total. The summed E-state index contributed by atoms with van der Waals surface area (Å²) >= 11 is 0. The lowest BCUT2D eigenvalue weighted by molar-refractivity contribution is 0.521. The zero-order valence-corrected chi connectivity index (χ0v) is 12.2. The van der Waals surface area contributed by atoms with Crippen molar-refractivity contribution in [3.8, 4) is 0 Å². The van der Waals surface area contributed by atoms with Crippen LogP contribution >= 0.6 is 0 Å². The Morgan fingerprint density at radius 2 is 2.05 bits per heavy atom. The molecule has 1 fully saturated rings. The van der Waals surface area contributed by atoms with E-state index in [1.54, 1.807) is 0 Å². The van der Waals surface area contributed by atoms with E-state index in [2.05, 4.69) is 28.8 Å². The van der Waals surface area contributed by atoms with Gasteiger partial charge in [-0.25, -0.2) is 0 Å². The van der Waals surface area contributed by atoms with Gasteiger partial charge in [0.15, 0.2) is 0 Å². The number of unbranched alkanes of at least 4 members (excludes halogenated alkanes) is 1. The van der Waals surface area contributed by atoms with Crippen molar-refractivity contribution in [2.24, 2.45) is 0 Å². The van der Waals surface area contributed by atoms with Gasteiger partial charge in [0.25, 0.3) is 0 Å². The SMILES string of the molecule is CNCc1oc2ccccc2c1CCCCNC1CC1. The quantitative estimate of drug-likeness (QED) is 0.724. The second kappa shape index (κ2) is 6.42. The molecule has 3 nitrogen and oxygen atoms in total. The molecule has 1 heterocycles. The van der Waals surface area contributed by atoms with Gasteiger partial charge >= 0.3 is 0 Å². The summed E-state index contributed by atoms with van der Waals surface area (Å²) in [7, 11) is 1.97. The van der Waals surface area contributed by atoms with Gasteiger partial charge in [-0.3, -0.25) is 0 Å². The van der Waals surface area contributed by atoms with Gasteiger partial charge in [-0.2, -0.15) is 0 Å². The molecule has 20 heavy (non-hydrogen) atoms. The van der Waals surface area contributed by atoms with Crippen LogP contribution in [0.15, 0.2) is 28.7 Å². The maximum Gasteiger partial charge on any atom is 0.134 e. The van der Waals surface area contributed by atoms with Gasteiger partial charge in [0, 0.05) is 17.0 Å². The molecule has 0 spiro atoms. The third-order valence-electron chi connectivity index (χ3n) is 3.98. The second-order valence-corrected chi connectivity index (χ2v) is 5.72.